The fourth-order valence-electron chi connectivity index (χ4n) is 1.86. The maximum atomic E-state index is 12.3. The molecular formula is C15H8ClI3N2O3S. The standard InChI is InChI=1S/C15H8ClI3N2O3S/c16-10-2-1-6(17)3-8(10)13(22)21-15(25)20-12-9(14(23)24)4-7(18)5-11(12)19/h1-5H,(H,23,24)(H2,20,21,22,25). The third-order valence-corrected chi connectivity index (χ3v) is 5.60. The van der Waals surface area contributed by atoms with Gasteiger partial charge in [0.15, 0.2) is 5.11 Å². The molecule has 0 unspecified atom stereocenters. The minimum atomic E-state index is -1.09. The van der Waals surface area contributed by atoms with Gasteiger partial charge in [0.05, 0.1) is 21.8 Å². The van der Waals surface area contributed by atoms with Crippen LogP contribution in [0.3, 0.4) is 0 Å². The van der Waals surface area contributed by atoms with E-state index in [9.17, 15) is 14.7 Å². The van der Waals surface area contributed by atoms with E-state index in [4.69, 9.17) is 23.8 Å². The molecule has 0 fully saturated rings. The van der Waals surface area contributed by atoms with Crippen LogP contribution < -0.4 is 10.6 Å². The van der Waals surface area contributed by atoms with E-state index in [1.807, 2.05) is 45.2 Å². The zero-order chi connectivity index (χ0) is 18.7. The Balaban J connectivity index is 2.22. The summed E-state index contributed by atoms with van der Waals surface area (Å²) in [5.41, 5.74) is 0.682. The van der Waals surface area contributed by atoms with Crippen LogP contribution in [0.4, 0.5) is 5.69 Å². The van der Waals surface area contributed by atoms with Crippen LogP contribution in [-0.2, 0) is 0 Å². The van der Waals surface area contributed by atoms with Crippen LogP contribution in [0.5, 0.6) is 0 Å². The molecule has 0 saturated carbocycles. The lowest BCUT2D eigenvalue weighted by Gasteiger charge is -2.14. The van der Waals surface area contributed by atoms with Gasteiger partial charge in [-0.2, -0.15) is 0 Å². The van der Waals surface area contributed by atoms with Crippen molar-refractivity contribution in [2.24, 2.45) is 0 Å². The number of thiocarbonyl (C=S) groups is 1. The van der Waals surface area contributed by atoms with Crippen molar-refractivity contribution in [1.29, 1.82) is 0 Å². The first-order chi connectivity index (χ1) is 11.7. The topological polar surface area (TPSA) is 78.4 Å². The number of carbonyl (C=O) groups is 2. The molecule has 10 heteroatoms. The number of aromatic carboxylic acids is 1. The summed E-state index contributed by atoms with van der Waals surface area (Å²) in [6, 6.07) is 8.37. The molecule has 2 aromatic rings. The highest BCUT2D eigenvalue weighted by atomic mass is 127. The second-order valence-corrected chi connectivity index (χ2v) is 9.12. The Morgan fingerprint density at radius 2 is 1.68 bits per heavy atom. The van der Waals surface area contributed by atoms with Gasteiger partial charge in [0, 0.05) is 10.7 Å². The quantitative estimate of drug-likeness (QED) is 0.310. The average Bonchev–Trinajstić information content (AvgIpc) is 2.51. The van der Waals surface area contributed by atoms with Gasteiger partial charge >= 0.3 is 5.97 Å². The van der Waals surface area contributed by atoms with Crippen LogP contribution in [0.15, 0.2) is 30.3 Å². The monoisotopic (exact) mass is 712 g/mol. The molecule has 0 spiro atoms. The zero-order valence-electron chi connectivity index (χ0n) is 12.1. The highest BCUT2D eigenvalue weighted by Crippen LogP contribution is 2.26. The zero-order valence-corrected chi connectivity index (χ0v) is 20.1. The molecule has 2 aromatic carbocycles. The highest BCUT2D eigenvalue weighted by molar-refractivity contribution is 14.1. The van der Waals surface area contributed by atoms with Crippen LogP contribution in [0, 0.1) is 10.7 Å². The number of halogens is 4. The first-order valence-electron chi connectivity index (χ1n) is 6.48. The highest BCUT2D eigenvalue weighted by Gasteiger charge is 2.18. The summed E-state index contributed by atoms with van der Waals surface area (Å²) >= 11 is 17.3. The van der Waals surface area contributed by atoms with Crippen LogP contribution >= 0.6 is 91.6 Å². The summed E-state index contributed by atoms with van der Waals surface area (Å²) in [7, 11) is 0. The third kappa shape index (κ3) is 5.61. The van der Waals surface area contributed by atoms with Gasteiger partial charge in [-0.3, -0.25) is 10.1 Å². The Bertz CT molecular complexity index is 893. The lowest BCUT2D eigenvalue weighted by atomic mass is 10.2. The van der Waals surface area contributed by atoms with E-state index in [1.54, 1.807) is 24.3 Å². The summed E-state index contributed by atoms with van der Waals surface area (Å²) in [4.78, 5) is 23.8. The number of benzene rings is 2. The van der Waals surface area contributed by atoms with Crippen molar-refractivity contribution in [2.75, 3.05) is 5.32 Å². The maximum Gasteiger partial charge on any atom is 0.337 e. The van der Waals surface area contributed by atoms with E-state index in [2.05, 4.69) is 33.2 Å². The first-order valence-corrected chi connectivity index (χ1v) is 10.5. The van der Waals surface area contributed by atoms with Gasteiger partial charge in [0.1, 0.15) is 0 Å². The molecule has 3 N–H and O–H groups in total. The van der Waals surface area contributed by atoms with Gasteiger partial charge in [0.25, 0.3) is 5.91 Å². The van der Waals surface area contributed by atoms with Crippen LogP contribution in [0.1, 0.15) is 20.7 Å². The molecule has 25 heavy (non-hydrogen) atoms. The smallest absolute Gasteiger partial charge is 0.337 e. The number of amides is 1. The Morgan fingerprint density at radius 1 is 1.04 bits per heavy atom. The summed E-state index contributed by atoms with van der Waals surface area (Å²) in [5.74, 6) is -1.56. The number of hydrogen-bond donors (Lipinski definition) is 3. The summed E-state index contributed by atoms with van der Waals surface area (Å²) < 4.78 is 2.31. The molecule has 0 bridgehead atoms. The SMILES string of the molecule is O=C(NC(=S)Nc1c(I)cc(I)cc1C(=O)O)c1cc(I)ccc1Cl. The molecule has 0 aliphatic carbocycles. The number of anilines is 1. The largest absolute Gasteiger partial charge is 0.478 e. The third-order valence-electron chi connectivity index (χ3n) is 2.92. The maximum absolute atomic E-state index is 12.3. The summed E-state index contributed by atoms with van der Waals surface area (Å²) in [6.07, 6.45) is 0. The van der Waals surface area contributed by atoms with Crippen molar-refractivity contribution in [1.82, 2.24) is 5.32 Å². The number of nitrogens with one attached hydrogen (secondary N) is 2. The molecule has 0 aliphatic rings. The minimum Gasteiger partial charge on any atom is -0.478 e. The Labute approximate surface area is 194 Å². The van der Waals surface area contributed by atoms with Gasteiger partial charge in [-0.25, -0.2) is 4.79 Å². The molecule has 0 aromatic heterocycles. The second-order valence-electron chi connectivity index (χ2n) is 4.65. The lowest BCUT2D eigenvalue weighted by molar-refractivity contribution is 0.0697. The summed E-state index contributed by atoms with van der Waals surface area (Å²) in [5, 5.41) is 14.9. The minimum absolute atomic E-state index is 0.0125. The van der Waals surface area contributed by atoms with Crippen molar-refractivity contribution in [3.8, 4) is 0 Å². The number of rotatable bonds is 3. The molecule has 0 heterocycles. The van der Waals surface area contributed by atoms with Crippen molar-refractivity contribution in [3.05, 3.63) is 57.2 Å². The summed E-state index contributed by atoms with van der Waals surface area (Å²) in [6.45, 7) is 0. The Hall–Kier alpha value is -0.250. The van der Waals surface area contributed by atoms with Crippen LogP contribution in [-0.4, -0.2) is 22.1 Å². The van der Waals surface area contributed by atoms with Crippen molar-refractivity contribution in [3.63, 3.8) is 0 Å². The molecule has 2 rings (SSSR count). The number of hydrogen-bond acceptors (Lipinski definition) is 3. The molecule has 1 amide bonds. The molecule has 130 valence electrons. The molecule has 5 nitrogen and oxygen atoms in total. The predicted molar refractivity (Wildman–Crippen MR) is 127 cm³/mol. The van der Waals surface area contributed by atoms with E-state index < -0.39 is 11.9 Å². The van der Waals surface area contributed by atoms with Gasteiger partial charge < -0.3 is 10.4 Å². The molecular weight excluding hydrogens is 704 g/mol. The van der Waals surface area contributed by atoms with Crippen molar-refractivity contribution < 1.29 is 14.7 Å². The van der Waals surface area contributed by atoms with Gasteiger partial charge in [0.2, 0.25) is 0 Å². The van der Waals surface area contributed by atoms with E-state index in [0.717, 1.165) is 7.14 Å². The van der Waals surface area contributed by atoms with Gasteiger partial charge in [-0.15, -0.1) is 0 Å². The first kappa shape index (κ1) is 21.1. The van der Waals surface area contributed by atoms with Crippen molar-refractivity contribution >= 4 is 114 Å². The molecule has 0 radical (unpaired) electrons. The Morgan fingerprint density at radius 3 is 2.32 bits per heavy atom. The van der Waals surface area contributed by atoms with Crippen LogP contribution in [0.25, 0.3) is 0 Å². The van der Waals surface area contributed by atoms with E-state index in [1.165, 1.54) is 6.07 Å². The predicted octanol–water partition coefficient (Wildman–Crippen LogP) is 4.98. The second kappa shape index (κ2) is 9.10. The van der Waals surface area contributed by atoms with Gasteiger partial charge in [-0.05, 0) is 110 Å². The fraction of sp³-hybridized carbons (Fsp3) is 0. The van der Waals surface area contributed by atoms with E-state index in [-0.39, 0.29) is 16.2 Å². The number of carbonyl (C=O) groups excluding carboxylic acids is 1. The molecule has 0 atom stereocenters. The lowest BCUT2D eigenvalue weighted by Crippen LogP contribution is -2.35. The fourth-order valence-corrected chi connectivity index (χ4v) is 4.72. The Kier molecular flexibility index (Phi) is 7.67. The molecule has 0 saturated heterocycles. The molecule has 0 aliphatic heterocycles. The van der Waals surface area contributed by atoms with Gasteiger partial charge in [-0.1, -0.05) is 11.6 Å². The van der Waals surface area contributed by atoms with E-state index >= 15 is 0 Å². The number of carboxylic acid groups (broad SMARTS) is 1. The van der Waals surface area contributed by atoms with Crippen molar-refractivity contribution in [2.45, 2.75) is 0 Å². The van der Waals surface area contributed by atoms with E-state index in [0.29, 0.717) is 14.3 Å². The van der Waals surface area contributed by atoms with Crippen LogP contribution in [0.2, 0.25) is 5.02 Å². The average molecular weight is 712 g/mol. The normalized spacial score (nSPS) is 10.2. The number of carboxylic acids is 1.